The Morgan fingerprint density at radius 1 is 1.30 bits per heavy atom. The van der Waals surface area contributed by atoms with Crippen LogP contribution in [0.2, 0.25) is 0 Å². The first kappa shape index (κ1) is 12.8. The number of ether oxygens (including phenoxy) is 1. The van der Waals surface area contributed by atoms with Gasteiger partial charge < -0.3 is 15.2 Å². The third-order valence-corrected chi connectivity index (χ3v) is 3.97. The van der Waals surface area contributed by atoms with Crippen LogP contribution in [0, 0.1) is 11.3 Å². The van der Waals surface area contributed by atoms with Crippen molar-refractivity contribution < 1.29 is 9.84 Å². The number of halogens is 1. The van der Waals surface area contributed by atoms with Gasteiger partial charge in [0.1, 0.15) is 18.1 Å². The zero-order chi connectivity index (χ0) is 14.2. The molecular weight excluding hydrogens is 320 g/mol. The number of anilines is 1. The van der Waals surface area contributed by atoms with Crippen molar-refractivity contribution in [2.45, 2.75) is 5.54 Å². The van der Waals surface area contributed by atoms with E-state index in [9.17, 15) is 10.4 Å². The third kappa shape index (κ3) is 1.98. The number of benzene rings is 2. The van der Waals surface area contributed by atoms with Crippen LogP contribution in [0.5, 0.6) is 11.5 Å². The Balaban J connectivity index is 2.04. The molecule has 3 rings (SSSR count). The number of nitriles is 1. The number of nitrogens with one attached hydrogen (secondary N) is 1. The minimum atomic E-state index is -0.951. The molecule has 1 atom stereocenters. The molecule has 20 heavy (non-hydrogen) atoms. The number of para-hydroxylation sites is 1. The lowest BCUT2D eigenvalue weighted by atomic mass is 9.93. The lowest BCUT2D eigenvalue weighted by Crippen LogP contribution is -2.35. The Kier molecular flexibility index (Phi) is 3.03. The van der Waals surface area contributed by atoms with Gasteiger partial charge in [-0.1, -0.05) is 12.1 Å². The normalized spacial score (nSPS) is 19.8. The van der Waals surface area contributed by atoms with Crippen molar-refractivity contribution >= 4 is 21.6 Å². The van der Waals surface area contributed by atoms with Crippen LogP contribution in [0.4, 0.5) is 5.69 Å². The molecule has 5 heteroatoms. The van der Waals surface area contributed by atoms with E-state index in [1.165, 1.54) is 6.07 Å². The maximum Gasteiger partial charge on any atom is 0.189 e. The molecule has 1 aliphatic heterocycles. The molecule has 0 saturated heterocycles. The lowest BCUT2D eigenvalue weighted by molar-refractivity contribution is 0.313. The molecule has 0 spiro atoms. The van der Waals surface area contributed by atoms with Gasteiger partial charge in [-0.2, -0.15) is 5.26 Å². The summed E-state index contributed by atoms with van der Waals surface area (Å²) in [7, 11) is 0. The standard InChI is InChI=1S/C15H11BrN2O2/c16-12-3-1-2-4-13(12)18-15(8-17)9-20-14-7-10(19)5-6-11(14)15/h1-7,18-19H,9H2. The van der Waals surface area contributed by atoms with Crippen molar-refractivity contribution in [2.24, 2.45) is 0 Å². The molecule has 0 fully saturated rings. The van der Waals surface area contributed by atoms with Crippen LogP contribution in [0.1, 0.15) is 5.56 Å². The highest BCUT2D eigenvalue weighted by Crippen LogP contribution is 2.41. The zero-order valence-corrected chi connectivity index (χ0v) is 12.0. The molecule has 0 bridgehead atoms. The van der Waals surface area contributed by atoms with E-state index in [1.807, 2.05) is 24.3 Å². The van der Waals surface area contributed by atoms with Crippen LogP contribution >= 0.6 is 15.9 Å². The van der Waals surface area contributed by atoms with Crippen LogP contribution in [0.25, 0.3) is 0 Å². The molecule has 0 aliphatic carbocycles. The second kappa shape index (κ2) is 4.73. The van der Waals surface area contributed by atoms with Gasteiger partial charge in [0, 0.05) is 21.8 Å². The monoisotopic (exact) mass is 330 g/mol. The van der Waals surface area contributed by atoms with Gasteiger partial charge >= 0.3 is 0 Å². The highest BCUT2D eigenvalue weighted by Gasteiger charge is 2.41. The highest BCUT2D eigenvalue weighted by atomic mass is 79.9. The van der Waals surface area contributed by atoms with Crippen molar-refractivity contribution in [2.75, 3.05) is 11.9 Å². The number of hydrogen-bond donors (Lipinski definition) is 2. The Morgan fingerprint density at radius 3 is 2.85 bits per heavy atom. The Morgan fingerprint density at radius 2 is 2.10 bits per heavy atom. The van der Waals surface area contributed by atoms with E-state index < -0.39 is 5.54 Å². The van der Waals surface area contributed by atoms with E-state index >= 15 is 0 Å². The van der Waals surface area contributed by atoms with E-state index in [0.29, 0.717) is 5.75 Å². The second-order valence-electron chi connectivity index (χ2n) is 4.59. The van der Waals surface area contributed by atoms with Crippen molar-refractivity contribution in [3.05, 3.63) is 52.5 Å². The molecule has 4 nitrogen and oxygen atoms in total. The van der Waals surface area contributed by atoms with Crippen LogP contribution < -0.4 is 10.1 Å². The Bertz CT molecular complexity index is 711. The third-order valence-electron chi connectivity index (χ3n) is 3.28. The first-order valence-corrected chi connectivity index (χ1v) is 6.84. The average Bonchev–Trinajstić information content (AvgIpc) is 2.80. The van der Waals surface area contributed by atoms with Crippen LogP contribution in [-0.2, 0) is 5.54 Å². The molecule has 1 heterocycles. The summed E-state index contributed by atoms with van der Waals surface area (Å²) in [4.78, 5) is 0. The van der Waals surface area contributed by atoms with E-state index in [-0.39, 0.29) is 12.4 Å². The largest absolute Gasteiger partial charge is 0.508 e. The number of rotatable bonds is 2. The molecular formula is C15H11BrN2O2. The quantitative estimate of drug-likeness (QED) is 0.885. The number of phenols is 1. The Labute approximate surface area is 124 Å². The summed E-state index contributed by atoms with van der Waals surface area (Å²) in [6.07, 6.45) is 0. The van der Waals surface area contributed by atoms with E-state index in [0.717, 1.165) is 15.7 Å². The minimum absolute atomic E-state index is 0.124. The van der Waals surface area contributed by atoms with Crippen molar-refractivity contribution in [3.63, 3.8) is 0 Å². The number of nitrogens with zero attached hydrogens (tertiary/aromatic N) is 1. The molecule has 0 saturated carbocycles. The summed E-state index contributed by atoms with van der Waals surface area (Å²) in [5.41, 5.74) is 0.597. The number of hydrogen-bond acceptors (Lipinski definition) is 4. The fourth-order valence-corrected chi connectivity index (χ4v) is 2.65. The smallest absolute Gasteiger partial charge is 0.189 e. The molecule has 2 aromatic carbocycles. The predicted molar refractivity (Wildman–Crippen MR) is 78.7 cm³/mol. The molecule has 100 valence electrons. The number of phenolic OH excluding ortho intramolecular Hbond substituents is 1. The first-order chi connectivity index (χ1) is 9.64. The van der Waals surface area contributed by atoms with Crippen LogP contribution in [0.3, 0.4) is 0 Å². The summed E-state index contributed by atoms with van der Waals surface area (Å²) < 4.78 is 6.41. The van der Waals surface area contributed by atoms with Gasteiger partial charge in [-0.15, -0.1) is 0 Å². The van der Waals surface area contributed by atoms with E-state index in [2.05, 4.69) is 27.3 Å². The fraction of sp³-hybridized carbons (Fsp3) is 0.133. The summed E-state index contributed by atoms with van der Waals surface area (Å²) in [6, 6.07) is 14.7. The van der Waals surface area contributed by atoms with Crippen molar-refractivity contribution in [1.82, 2.24) is 0 Å². The van der Waals surface area contributed by atoms with Gasteiger partial charge in [0.15, 0.2) is 5.54 Å². The minimum Gasteiger partial charge on any atom is -0.508 e. The van der Waals surface area contributed by atoms with Gasteiger partial charge in [0.25, 0.3) is 0 Å². The van der Waals surface area contributed by atoms with Crippen molar-refractivity contribution in [3.8, 4) is 17.6 Å². The molecule has 0 aromatic heterocycles. The summed E-state index contributed by atoms with van der Waals surface area (Å²) in [6.45, 7) is 0.198. The first-order valence-electron chi connectivity index (χ1n) is 6.05. The molecule has 1 unspecified atom stereocenters. The summed E-state index contributed by atoms with van der Waals surface area (Å²) in [5.74, 6) is 0.657. The van der Waals surface area contributed by atoms with Gasteiger partial charge in [-0.05, 0) is 40.2 Å². The lowest BCUT2D eigenvalue weighted by Gasteiger charge is -2.23. The van der Waals surface area contributed by atoms with E-state index in [1.54, 1.807) is 12.1 Å². The number of aromatic hydroxyl groups is 1. The SMILES string of the molecule is N#CC1(Nc2ccccc2Br)COc2cc(O)ccc21. The van der Waals surface area contributed by atoms with Crippen LogP contribution in [-0.4, -0.2) is 11.7 Å². The molecule has 0 radical (unpaired) electrons. The maximum absolute atomic E-state index is 9.61. The zero-order valence-electron chi connectivity index (χ0n) is 10.4. The molecule has 2 N–H and O–H groups in total. The Hall–Kier alpha value is -2.19. The van der Waals surface area contributed by atoms with Gasteiger partial charge in [0.05, 0.1) is 6.07 Å². The maximum atomic E-state index is 9.61. The average molecular weight is 331 g/mol. The van der Waals surface area contributed by atoms with Crippen molar-refractivity contribution in [1.29, 1.82) is 5.26 Å². The topological polar surface area (TPSA) is 65.3 Å². The van der Waals surface area contributed by atoms with Gasteiger partial charge in [0.2, 0.25) is 0 Å². The molecule has 0 amide bonds. The number of fused-ring (bicyclic) bond motifs is 1. The van der Waals surface area contributed by atoms with Gasteiger partial charge in [-0.3, -0.25) is 0 Å². The highest BCUT2D eigenvalue weighted by molar-refractivity contribution is 9.10. The molecule has 1 aliphatic rings. The summed E-state index contributed by atoms with van der Waals surface area (Å²) >= 11 is 3.46. The van der Waals surface area contributed by atoms with E-state index in [4.69, 9.17) is 4.74 Å². The fourth-order valence-electron chi connectivity index (χ4n) is 2.26. The molecule has 2 aromatic rings. The van der Waals surface area contributed by atoms with Gasteiger partial charge in [-0.25, -0.2) is 0 Å². The summed E-state index contributed by atoms with van der Waals surface area (Å²) in [5, 5.41) is 22.3. The predicted octanol–water partition coefficient (Wildman–Crippen LogP) is 3.38. The van der Waals surface area contributed by atoms with Crippen LogP contribution in [0.15, 0.2) is 46.9 Å². The second-order valence-corrected chi connectivity index (χ2v) is 5.45.